The lowest BCUT2D eigenvalue weighted by Crippen LogP contribution is -2.01. The second-order valence-electron chi connectivity index (χ2n) is 3.89. The van der Waals surface area contributed by atoms with E-state index >= 15 is 0 Å². The van der Waals surface area contributed by atoms with Gasteiger partial charge in [-0.1, -0.05) is 19.9 Å². The topological polar surface area (TPSA) is 46.2 Å². The van der Waals surface area contributed by atoms with Crippen molar-refractivity contribution in [3.05, 3.63) is 26.8 Å². The highest BCUT2D eigenvalue weighted by molar-refractivity contribution is 14.1. The van der Waals surface area contributed by atoms with Gasteiger partial charge < -0.3 is 10.8 Å². The van der Waals surface area contributed by atoms with Gasteiger partial charge in [0.15, 0.2) is 0 Å². The molecule has 15 heavy (non-hydrogen) atoms. The molecule has 0 aliphatic heterocycles. The first-order valence-corrected chi connectivity index (χ1v) is 5.82. The van der Waals surface area contributed by atoms with E-state index in [0.29, 0.717) is 18.2 Å². The van der Waals surface area contributed by atoms with Crippen molar-refractivity contribution in [1.29, 1.82) is 0 Å². The van der Waals surface area contributed by atoms with Gasteiger partial charge in [-0.05, 0) is 46.6 Å². The van der Waals surface area contributed by atoms with E-state index < -0.39 is 0 Å². The zero-order valence-electron chi connectivity index (χ0n) is 8.96. The third-order valence-electron chi connectivity index (χ3n) is 2.07. The minimum absolute atomic E-state index is 0. The first-order chi connectivity index (χ1) is 6.54. The van der Waals surface area contributed by atoms with Gasteiger partial charge >= 0.3 is 0 Å². The van der Waals surface area contributed by atoms with Crippen molar-refractivity contribution in [2.24, 2.45) is 11.7 Å². The summed E-state index contributed by atoms with van der Waals surface area (Å²) < 4.78 is 0.890. The molecule has 0 heterocycles. The summed E-state index contributed by atoms with van der Waals surface area (Å²) in [6.45, 7) is 4.76. The molecule has 0 radical (unpaired) electrons. The molecule has 1 rings (SSSR count). The summed E-state index contributed by atoms with van der Waals surface area (Å²) in [7, 11) is 0. The Labute approximate surface area is 111 Å². The van der Waals surface area contributed by atoms with Gasteiger partial charge in [0.05, 0.1) is 3.57 Å². The Morgan fingerprint density at radius 3 is 2.47 bits per heavy atom. The van der Waals surface area contributed by atoms with Gasteiger partial charge in [-0.25, -0.2) is 0 Å². The number of benzene rings is 1. The summed E-state index contributed by atoms with van der Waals surface area (Å²) in [6.07, 6.45) is 1.03. The standard InChI is InChI=1S/C11H16INO.ClH/c1-7(2)3-8-4-9(6-13)11(14)10(12)5-8;/h4-5,7,14H,3,6,13H2,1-2H3;1H. The highest BCUT2D eigenvalue weighted by atomic mass is 127. The normalized spacial score (nSPS) is 10.2. The molecule has 0 aliphatic carbocycles. The first-order valence-electron chi connectivity index (χ1n) is 4.75. The van der Waals surface area contributed by atoms with Crippen LogP contribution in [-0.2, 0) is 13.0 Å². The Balaban J connectivity index is 0.00000196. The van der Waals surface area contributed by atoms with Crippen LogP contribution < -0.4 is 5.73 Å². The minimum atomic E-state index is 0. The molecule has 0 spiro atoms. The number of aromatic hydroxyl groups is 1. The van der Waals surface area contributed by atoms with E-state index in [1.165, 1.54) is 5.56 Å². The Morgan fingerprint density at radius 1 is 1.40 bits per heavy atom. The Hall–Kier alpha value is -0.0000000000000000555. The van der Waals surface area contributed by atoms with Crippen LogP contribution >= 0.6 is 35.0 Å². The maximum absolute atomic E-state index is 9.67. The fraction of sp³-hybridized carbons (Fsp3) is 0.455. The lowest BCUT2D eigenvalue weighted by atomic mass is 10.0. The summed E-state index contributed by atoms with van der Waals surface area (Å²) in [6, 6.07) is 4.02. The maximum atomic E-state index is 9.67. The van der Waals surface area contributed by atoms with Crippen LogP contribution in [0.15, 0.2) is 12.1 Å². The third kappa shape index (κ3) is 4.17. The van der Waals surface area contributed by atoms with Gasteiger partial charge in [-0.15, -0.1) is 12.4 Å². The molecule has 0 saturated carbocycles. The van der Waals surface area contributed by atoms with Crippen LogP contribution in [0.2, 0.25) is 0 Å². The molecular formula is C11H17ClINO. The van der Waals surface area contributed by atoms with Crippen LogP contribution in [0.5, 0.6) is 5.75 Å². The molecule has 0 fully saturated rings. The number of halogens is 2. The van der Waals surface area contributed by atoms with Crippen LogP contribution in [0.25, 0.3) is 0 Å². The van der Waals surface area contributed by atoms with Crippen molar-refractivity contribution in [3.63, 3.8) is 0 Å². The molecule has 86 valence electrons. The SMILES string of the molecule is CC(C)Cc1cc(I)c(O)c(CN)c1.Cl. The molecule has 2 nitrogen and oxygen atoms in total. The van der Waals surface area contributed by atoms with Crippen LogP contribution in [0.1, 0.15) is 25.0 Å². The molecule has 0 unspecified atom stereocenters. The summed E-state index contributed by atoms with van der Waals surface area (Å²) in [5.74, 6) is 0.960. The molecule has 1 aromatic carbocycles. The fourth-order valence-electron chi connectivity index (χ4n) is 1.46. The predicted octanol–water partition coefficient (Wildman–Crippen LogP) is 3.08. The zero-order chi connectivity index (χ0) is 10.7. The highest BCUT2D eigenvalue weighted by Gasteiger charge is 2.07. The fourth-order valence-corrected chi connectivity index (χ4v) is 2.21. The van der Waals surface area contributed by atoms with Crippen LogP contribution in [0, 0.1) is 9.49 Å². The number of phenols is 1. The molecule has 0 saturated heterocycles. The van der Waals surface area contributed by atoms with E-state index in [0.717, 1.165) is 15.6 Å². The number of rotatable bonds is 3. The van der Waals surface area contributed by atoms with Gasteiger partial charge in [0.25, 0.3) is 0 Å². The predicted molar refractivity (Wildman–Crippen MR) is 74.5 cm³/mol. The Bertz CT molecular complexity index is 329. The van der Waals surface area contributed by atoms with Crippen molar-refractivity contribution in [2.45, 2.75) is 26.8 Å². The van der Waals surface area contributed by atoms with Crippen LogP contribution in [0.3, 0.4) is 0 Å². The molecule has 0 atom stereocenters. The smallest absolute Gasteiger partial charge is 0.133 e. The Morgan fingerprint density at radius 2 is 2.00 bits per heavy atom. The molecule has 0 bridgehead atoms. The number of nitrogens with two attached hydrogens (primary N) is 1. The molecule has 4 heteroatoms. The van der Waals surface area contributed by atoms with Crippen molar-refractivity contribution in [2.75, 3.05) is 0 Å². The minimum Gasteiger partial charge on any atom is -0.507 e. The van der Waals surface area contributed by atoms with Crippen LogP contribution in [0.4, 0.5) is 0 Å². The summed E-state index contributed by atoms with van der Waals surface area (Å²) in [4.78, 5) is 0. The van der Waals surface area contributed by atoms with Gasteiger partial charge in [0.2, 0.25) is 0 Å². The second-order valence-corrected chi connectivity index (χ2v) is 5.05. The van der Waals surface area contributed by atoms with E-state index in [-0.39, 0.29) is 12.4 Å². The first kappa shape index (κ1) is 15.0. The van der Waals surface area contributed by atoms with Gasteiger partial charge in [0.1, 0.15) is 5.75 Å². The molecular weight excluding hydrogens is 324 g/mol. The molecule has 0 aromatic heterocycles. The Kier molecular flexibility index (Phi) is 6.55. The lowest BCUT2D eigenvalue weighted by molar-refractivity contribution is 0.464. The molecule has 0 aliphatic rings. The van der Waals surface area contributed by atoms with E-state index in [4.69, 9.17) is 5.73 Å². The number of hydrogen-bond donors (Lipinski definition) is 2. The summed E-state index contributed by atoms with van der Waals surface area (Å²) >= 11 is 2.14. The lowest BCUT2D eigenvalue weighted by Gasteiger charge is -2.10. The van der Waals surface area contributed by atoms with Crippen LogP contribution in [-0.4, -0.2) is 5.11 Å². The molecule has 0 amide bonds. The van der Waals surface area contributed by atoms with Gasteiger partial charge in [-0.3, -0.25) is 0 Å². The summed E-state index contributed by atoms with van der Waals surface area (Å²) in [5.41, 5.74) is 7.65. The largest absolute Gasteiger partial charge is 0.507 e. The molecule has 1 aromatic rings. The number of hydrogen-bond acceptors (Lipinski definition) is 2. The quantitative estimate of drug-likeness (QED) is 0.830. The van der Waals surface area contributed by atoms with Crippen molar-refractivity contribution in [1.82, 2.24) is 0 Å². The van der Waals surface area contributed by atoms with Crippen molar-refractivity contribution < 1.29 is 5.11 Å². The molecule has 3 N–H and O–H groups in total. The van der Waals surface area contributed by atoms with E-state index in [1.54, 1.807) is 0 Å². The van der Waals surface area contributed by atoms with Crippen molar-refractivity contribution >= 4 is 35.0 Å². The van der Waals surface area contributed by atoms with Gasteiger partial charge in [-0.2, -0.15) is 0 Å². The van der Waals surface area contributed by atoms with E-state index in [2.05, 4.69) is 36.4 Å². The zero-order valence-corrected chi connectivity index (χ0v) is 11.9. The van der Waals surface area contributed by atoms with E-state index in [1.807, 2.05) is 12.1 Å². The second kappa shape index (κ2) is 6.55. The third-order valence-corrected chi connectivity index (χ3v) is 2.89. The average molecular weight is 342 g/mol. The monoisotopic (exact) mass is 341 g/mol. The average Bonchev–Trinajstić information content (AvgIpc) is 2.10. The summed E-state index contributed by atoms with van der Waals surface area (Å²) in [5, 5.41) is 9.67. The van der Waals surface area contributed by atoms with E-state index in [9.17, 15) is 5.11 Å². The van der Waals surface area contributed by atoms with Gasteiger partial charge in [0, 0.05) is 12.1 Å². The number of phenolic OH excluding ortho intramolecular Hbond substituents is 1. The van der Waals surface area contributed by atoms with Crippen molar-refractivity contribution in [3.8, 4) is 5.75 Å². The maximum Gasteiger partial charge on any atom is 0.133 e. The highest BCUT2D eigenvalue weighted by Crippen LogP contribution is 2.26.